The van der Waals surface area contributed by atoms with E-state index in [1.54, 1.807) is 12.1 Å². The fraction of sp³-hybridized carbons (Fsp3) is 0.0556. The van der Waals surface area contributed by atoms with Gasteiger partial charge in [0, 0.05) is 17.5 Å². The van der Waals surface area contributed by atoms with Gasteiger partial charge in [0.05, 0.1) is 0 Å². The third-order valence-electron chi connectivity index (χ3n) is 3.21. The molecule has 0 bridgehead atoms. The van der Waals surface area contributed by atoms with Crippen LogP contribution in [0.3, 0.4) is 0 Å². The lowest BCUT2D eigenvalue weighted by molar-refractivity contribution is -0.111. The second-order valence-corrected chi connectivity index (χ2v) is 6.48. The first-order chi connectivity index (χ1) is 11.7. The quantitative estimate of drug-likeness (QED) is 0.688. The molecule has 1 N–H and O–H groups in total. The van der Waals surface area contributed by atoms with E-state index in [9.17, 15) is 4.79 Å². The van der Waals surface area contributed by atoms with Crippen LogP contribution in [0, 0.1) is 0 Å². The largest absolute Gasteiger partial charge is 0.297 e. The van der Waals surface area contributed by atoms with Crippen LogP contribution in [0.15, 0.2) is 60.7 Å². The molecule has 3 rings (SSSR count). The van der Waals surface area contributed by atoms with Crippen molar-refractivity contribution in [1.29, 1.82) is 0 Å². The van der Waals surface area contributed by atoms with E-state index in [1.165, 1.54) is 17.4 Å². The van der Waals surface area contributed by atoms with Gasteiger partial charge >= 0.3 is 0 Å². The maximum atomic E-state index is 12.0. The van der Waals surface area contributed by atoms with Gasteiger partial charge in [0.15, 0.2) is 0 Å². The summed E-state index contributed by atoms with van der Waals surface area (Å²) in [6, 6.07) is 17.3. The molecule has 1 aromatic heterocycles. The molecule has 0 saturated heterocycles. The van der Waals surface area contributed by atoms with Crippen molar-refractivity contribution < 1.29 is 4.79 Å². The number of nitrogens with zero attached hydrogens (tertiary/aromatic N) is 2. The molecule has 0 saturated carbocycles. The fourth-order valence-electron chi connectivity index (χ4n) is 2.07. The summed E-state index contributed by atoms with van der Waals surface area (Å²) in [6.07, 6.45) is 3.80. The number of nitrogens with one attached hydrogen (secondary N) is 1. The summed E-state index contributed by atoms with van der Waals surface area (Å²) >= 11 is 7.41. The van der Waals surface area contributed by atoms with Gasteiger partial charge in [-0.3, -0.25) is 10.1 Å². The van der Waals surface area contributed by atoms with Gasteiger partial charge in [0.2, 0.25) is 11.0 Å². The molecule has 24 heavy (non-hydrogen) atoms. The third-order valence-corrected chi connectivity index (χ3v) is 4.40. The first-order valence-corrected chi connectivity index (χ1v) is 8.50. The van der Waals surface area contributed by atoms with Crippen LogP contribution in [0.1, 0.15) is 16.1 Å². The molecule has 4 nitrogen and oxygen atoms in total. The molecule has 120 valence electrons. The molecule has 0 aliphatic carbocycles. The van der Waals surface area contributed by atoms with E-state index in [-0.39, 0.29) is 5.91 Å². The molecule has 0 spiro atoms. The number of hydrogen-bond acceptors (Lipinski definition) is 4. The molecule has 0 atom stereocenters. The van der Waals surface area contributed by atoms with Gasteiger partial charge in [0.25, 0.3) is 0 Å². The number of carbonyl (C=O) groups excluding carboxylic acids is 1. The maximum Gasteiger partial charge on any atom is 0.250 e. The summed E-state index contributed by atoms with van der Waals surface area (Å²) < 4.78 is 0. The monoisotopic (exact) mass is 355 g/mol. The van der Waals surface area contributed by atoms with Gasteiger partial charge in [-0.05, 0) is 23.3 Å². The van der Waals surface area contributed by atoms with Gasteiger partial charge in [-0.15, -0.1) is 10.2 Å². The molecule has 1 amide bonds. The maximum absolute atomic E-state index is 12.0. The number of hydrogen-bond donors (Lipinski definition) is 1. The average Bonchev–Trinajstić information content (AvgIpc) is 3.02. The molecule has 0 radical (unpaired) electrons. The predicted octanol–water partition coefficient (Wildman–Crippen LogP) is 4.43. The molecular weight excluding hydrogens is 342 g/mol. The van der Waals surface area contributed by atoms with E-state index in [2.05, 4.69) is 15.5 Å². The predicted molar refractivity (Wildman–Crippen MR) is 98.3 cm³/mol. The minimum absolute atomic E-state index is 0.266. The van der Waals surface area contributed by atoms with Gasteiger partial charge in [-0.2, -0.15) is 0 Å². The molecule has 2 aromatic carbocycles. The van der Waals surface area contributed by atoms with Crippen molar-refractivity contribution >= 4 is 40.1 Å². The lowest BCUT2D eigenvalue weighted by atomic mass is 10.2. The Bertz CT molecular complexity index is 861. The normalized spacial score (nSPS) is 10.9. The lowest BCUT2D eigenvalue weighted by Gasteiger charge is -1.97. The van der Waals surface area contributed by atoms with E-state index in [0.29, 0.717) is 16.6 Å². The summed E-state index contributed by atoms with van der Waals surface area (Å²) in [5, 5.41) is 12.8. The Labute approximate surface area is 148 Å². The smallest absolute Gasteiger partial charge is 0.250 e. The highest BCUT2D eigenvalue weighted by Gasteiger charge is 2.07. The first kappa shape index (κ1) is 16.4. The van der Waals surface area contributed by atoms with E-state index in [4.69, 9.17) is 11.6 Å². The van der Waals surface area contributed by atoms with Gasteiger partial charge in [-0.1, -0.05) is 71.5 Å². The summed E-state index contributed by atoms with van der Waals surface area (Å²) in [7, 11) is 0. The summed E-state index contributed by atoms with van der Waals surface area (Å²) in [5.41, 5.74) is 1.95. The van der Waals surface area contributed by atoms with Crippen LogP contribution >= 0.6 is 22.9 Å². The first-order valence-electron chi connectivity index (χ1n) is 7.30. The van der Waals surface area contributed by atoms with E-state index >= 15 is 0 Å². The van der Waals surface area contributed by atoms with Crippen molar-refractivity contribution in [2.24, 2.45) is 0 Å². The zero-order chi connectivity index (χ0) is 16.8. The minimum atomic E-state index is -0.266. The molecular formula is C18H14ClN3OS. The van der Waals surface area contributed by atoms with Crippen LogP contribution in [-0.4, -0.2) is 16.1 Å². The molecule has 1 heterocycles. The highest BCUT2D eigenvalue weighted by molar-refractivity contribution is 7.15. The zero-order valence-corrected chi connectivity index (χ0v) is 14.2. The van der Waals surface area contributed by atoms with Crippen molar-refractivity contribution in [3.05, 3.63) is 81.8 Å². The highest BCUT2D eigenvalue weighted by Crippen LogP contribution is 2.19. The SMILES string of the molecule is O=C(/C=C/c1ccccc1Cl)Nc1nnc(Cc2ccccc2)s1. The van der Waals surface area contributed by atoms with Crippen LogP contribution < -0.4 is 5.32 Å². The van der Waals surface area contributed by atoms with Crippen molar-refractivity contribution in [3.8, 4) is 0 Å². The Morgan fingerprint density at radius 1 is 1.08 bits per heavy atom. The molecule has 0 fully saturated rings. The Morgan fingerprint density at radius 2 is 1.83 bits per heavy atom. The second-order valence-electron chi connectivity index (χ2n) is 5.01. The number of benzene rings is 2. The molecule has 3 aromatic rings. The highest BCUT2D eigenvalue weighted by atomic mass is 35.5. The number of amides is 1. The lowest BCUT2D eigenvalue weighted by Crippen LogP contribution is -2.07. The van der Waals surface area contributed by atoms with Crippen molar-refractivity contribution in [1.82, 2.24) is 10.2 Å². The van der Waals surface area contributed by atoms with E-state index < -0.39 is 0 Å². The van der Waals surface area contributed by atoms with Crippen LogP contribution in [0.5, 0.6) is 0 Å². The van der Waals surface area contributed by atoms with Gasteiger partial charge in [-0.25, -0.2) is 0 Å². The number of carbonyl (C=O) groups is 1. The number of rotatable bonds is 5. The van der Waals surface area contributed by atoms with Crippen LogP contribution in [0.2, 0.25) is 5.02 Å². The van der Waals surface area contributed by atoms with Crippen molar-refractivity contribution in [3.63, 3.8) is 0 Å². The summed E-state index contributed by atoms with van der Waals surface area (Å²) in [5.74, 6) is -0.266. The minimum Gasteiger partial charge on any atom is -0.297 e. The zero-order valence-electron chi connectivity index (χ0n) is 12.6. The van der Waals surface area contributed by atoms with E-state index in [0.717, 1.165) is 16.1 Å². The average molecular weight is 356 g/mol. The van der Waals surface area contributed by atoms with Crippen LogP contribution in [0.4, 0.5) is 5.13 Å². The van der Waals surface area contributed by atoms with Crippen LogP contribution in [-0.2, 0) is 11.2 Å². The number of aromatic nitrogens is 2. The van der Waals surface area contributed by atoms with Crippen LogP contribution in [0.25, 0.3) is 6.08 Å². The summed E-state index contributed by atoms with van der Waals surface area (Å²) in [6.45, 7) is 0. The standard InChI is InChI=1S/C18H14ClN3OS/c19-15-9-5-4-8-14(15)10-11-16(23)20-18-22-21-17(24-18)12-13-6-2-1-3-7-13/h1-11H,12H2,(H,20,22,23)/b11-10+. The Kier molecular flexibility index (Phi) is 5.36. The number of halogens is 1. The molecule has 0 unspecified atom stereocenters. The van der Waals surface area contributed by atoms with Crippen molar-refractivity contribution in [2.75, 3.05) is 5.32 Å². The second kappa shape index (κ2) is 7.86. The van der Waals surface area contributed by atoms with Gasteiger partial charge < -0.3 is 0 Å². The third kappa shape index (κ3) is 4.50. The molecule has 0 aliphatic heterocycles. The summed E-state index contributed by atoms with van der Waals surface area (Å²) in [4.78, 5) is 12.0. The van der Waals surface area contributed by atoms with E-state index in [1.807, 2.05) is 48.5 Å². The van der Waals surface area contributed by atoms with Gasteiger partial charge in [0.1, 0.15) is 5.01 Å². The van der Waals surface area contributed by atoms with Crippen molar-refractivity contribution in [2.45, 2.75) is 6.42 Å². The Morgan fingerprint density at radius 3 is 2.62 bits per heavy atom. The fourth-order valence-corrected chi connectivity index (χ4v) is 3.04. The Hall–Kier alpha value is -2.50. The molecule has 6 heteroatoms. The number of anilines is 1. The topological polar surface area (TPSA) is 54.9 Å². The Balaban J connectivity index is 1.60. The molecule has 0 aliphatic rings.